The molecule has 1 amide bonds. The van der Waals surface area contributed by atoms with Crippen LogP contribution in [0.4, 0.5) is 0 Å². The molecule has 3 rings (SSSR count). The monoisotopic (exact) mass is 371 g/mol. The molecule has 2 heterocycles. The number of rotatable bonds is 6. The van der Waals surface area contributed by atoms with E-state index in [1.807, 2.05) is 43.3 Å². The standard InChI is InChI=1S/C19H18ClN3OS/c1-13-17(25-19(23-13)15-5-3-8-21-12-15)11-18(24)22-9-7-14-4-2-6-16(20)10-14/h2-6,8,10,12H,7,9,11H2,1H3,(H,22,24). The van der Waals surface area contributed by atoms with Gasteiger partial charge >= 0.3 is 0 Å². The Morgan fingerprint density at radius 2 is 2.16 bits per heavy atom. The molecule has 128 valence electrons. The van der Waals surface area contributed by atoms with Gasteiger partial charge in [0.15, 0.2) is 0 Å². The van der Waals surface area contributed by atoms with Crippen LogP contribution in [0.1, 0.15) is 16.1 Å². The fraction of sp³-hybridized carbons (Fsp3) is 0.211. The molecule has 4 nitrogen and oxygen atoms in total. The van der Waals surface area contributed by atoms with E-state index in [2.05, 4.69) is 15.3 Å². The number of hydrogen-bond acceptors (Lipinski definition) is 4. The summed E-state index contributed by atoms with van der Waals surface area (Å²) in [6.07, 6.45) is 4.62. The van der Waals surface area contributed by atoms with E-state index >= 15 is 0 Å². The molecule has 1 N–H and O–H groups in total. The van der Waals surface area contributed by atoms with Crippen LogP contribution in [0, 0.1) is 6.92 Å². The van der Waals surface area contributed by atoms with Crippen LogP contribution in [0.25, 0.3) is 10.6 Å². The Bertz CT molecular complexity index is 864. The number of aryl methyl sites for hydroxylation is 1. The molecule has 0 fully saturated rings. The maximum absolute atomic E-state index is 12.2. The zero-order valence-corrected chi connectivity index (χ0v) is 15.4. The van der Waals surface area contributed by atoms with Gasteiger partial charge in [-0.1, -0.05) is 23.7 Å². The Balaban J connectivity index is 1.55. The van der Waals surface area contributed by atoms with E-state index in [1.54, 1.807) is 23.7 Å². The molecule has 3 aromatic rings. The number of amides is 1. The van der Waals surface area contributed by atoms with E-state index in [-0.39, 0.29) is 5.91 Å². The number of pyridine rings is 1. The normalized spacial score (nSPS) is 10.6. The predicted octanol–water partition coefficient (Wildman–Crippen LogP) is 4.07. The lowest BCUT2D eigenvalue weighted by atomic mass is 10.1. The average Bonchev–Trinajstić information content (AvgIpc) is 2.96. The summed E-state index contributed by atoms with van der Waals surface area (Å²) in [4.78, 5) is 21.9. The fourth-order valence-electron chi connectivity index (χ4n) is 2.45. The third-order valence-electron chi connectivity index (χ3n) is 3.75. The quantitative estimate of drug-likeness (QED) is 0.710. The maximum atomic E-state index is 12.2. The molecule has 0 unspecified atom stereocenters. The van der Waals surface area contributed by atoms with Gasteiger partial charge in [0, 0.05) is 34.4 Å². The maximum Gasteiger partial charge on any atom is 0.225 e. The number of nitrogens with one attached hydrogen (secondary N) is 1. The van der Waals surface area contributed by atoms with Gasteiger partial charge < -0.3 is 5.32 Å². The summed E-state index contributed by atoms with van der Waals surface area (Å²) in [6, 6.07) is 11.5. The van der Waals surface area contributed by atoms with Crippen LogP contribution in [0.3, 0.4) is 0 Å². The van der Waals surface area contributed by atoms with Crippen LogP contribution < -0.4 is 5.32 Å². The number of benzene rings is 1. The molecule has 2 aromatic heterocycles. The molecule has 0 radical (unpaired) electrons. The van der Waals surface area contributed by atoms with Gasteiger partial charge in [-0.25, -0.2) is 4.98 Å². The van der Waals surface area contributed by atoms with Crippen LogP contribution >= 0.6 is 22.9 Å². The van der Waals surface area contributed by atoms with Crippen LogP contribution in [0.5, 0.6) is 0 Å². The number of carbonyl (C=O) groups is 1. The Hall–Kier alpha value is -2.24. The summed E-state index contributed by atoms with van der Waals surface area (Å²) >= 11 is 7.51. The van der Waals surface area contributed by atoms with Crippen LogP contribution in [-0.4, -0.2) is 22.4 Å². The van der Waals surface area contributed by atoms with Crippen molar-refractivity contribution in [3.63, 3.8) is 0 Å². The zero-order valence-electron chi connectivity index (χ0n) is 13.8. The summed E-state index contributed by atoms with van der Waals surface area (Å²) in [5.41, 5.74) is 2.98. The molecule has 0 aliphatic heterocycles. The first kappa shape index (κ1) is 17.6. The second kappa shape index (κ2) is 8.23. The van der Waals surface area contributed by atoms with Gasteiger partial charge in [-0.3, -0.25) is 9.78 Å². The number of carbonyl (C=O) groups excluding carboxylic acids is 1. The second-order valence-electron chi connectivity index (χ2n) is 5.68. The molecule has 0 aliphatic rings. The lowest BCUT2D eigenvalue weighted by Gasteiger charge is -2.05. The van der Waals surface area contributed by atoms with Gasteiger partial charge in [0.25, 0.3) is 0 Å². The molecule has 0 saturated carbocycles. The van der Waals surface area contributed by atoms with Crippen molar-refractivity contribution in [2.24, 2.45) is 0 Å². The van der Waals surface area contributed by atoms with Gasteiger partial charge in [0.1, 0.15) is 5.01 Å². The van der Waals surface area contributed by atoms with Crippen molar-refractivity contribution in [3.05, 3.63) is 69.9 Å². The zero-order chi connectivity index (χ0) is 17.6. The van der Waals surface area contributed by atoms with Gasteiger partial charge in [-0.05, 0) is 43.2 Å². The highest BCUT2D eigenvalue weighted by atomic mass is 35.5. The minimum absolute atomic E-state index is 0.00603. The molecule has 25 heavy (non-hydrogen) atoms. The van der Waals surface area contributed by atoms with Crippen molar-refractivity contribution >= 4 is 28.8 Å². The van der Waals surface area contributed by atoms with E-state index < -0.39 is 0 Å². The second-order valence-corrected chi connectivity index (χ2v) is 7.20. The van der Waals surface area contributed by atoms with E-state index in [0.29, 0.717) is 18.0 Å². The highest BCUT2D eigenvalue weighted by Crippen LogP contribution is 2.27. The number of nitrogens with zero attached hydrogens (tertiary/aromatic N) is 2. The first-order chi connectivity index (χ1) is 12.1. The average molecular weight is 372 g/mol. The lowest BCUT2D eigenvalue weighted by Crippen LogP contribution is -2.27. The number of thiazole rings is 1. The predicted molar refractivity (Wildman–Crippen MR) is 102 cm³/mol. The SMILES string of the molecule is Cc1nc(-c2cccnc2)sc1CC(=O)NCCc1cccc(Cl)c1. The topological polar surface area (TPSA) is 54.9 Å². The molecule has 0 aliphatic carbocycles. The van der Waals surface area contributed by atoms with Crippen LogP contribution in [-0.2, 0) is 17.6 Å². The third-order valence-corrected chi connectivity index (χ3v) is 5.19. The van der Waals surface area contributed by atoms with Crippen molar-refractivity contribution in [1.82, 2.24) is 15.3 Å². The van der Waals surface area contributed by atoms with Gasteiger partial charge in [0.05, 0.1) is 12.1 Å². The number of halogens is 1. The smallest absolute Gasteiger partial charge is 0.225 e. The Labute approximate surface area is 155 Å². The Kier molecular flexibility index (Phi) is 5.79. The molecular weight excluding hydrogens is 354 g/mol. The number of aromatic nitrogens is 2. The van der Waals surface area contributed by atoms with Crippen molar-refractivity contribution in [3.8, 4) is 10.6 Å². The minimum atomic E-state index is 0.00603. The molecule has 1 aromatic carbocycles. The van der Waals surface area contributed by atoms with Crippen LogP contribution in [0.2, 0.25) is 5.02 Å². The van der Waals surface area contributed by atoms with Crippen molar-refractivity contribution in [1.29, 1.82) is 0 Å². The molecule has 0 atom stereocenters. The summed E-state index contributed by atoms with van der Waals surface area (Å²) in [5, 5.41) is 4.57. The highest BCUT2D eigenvalue weighted by molar-refractivity contribution is 7.15. The Morgan fingerprint density at radius 1 is 1.28 bits per heavy atom. The van der Waals surface area contributed by atoms with E-state index in [1.165, 1.54) is 0 Å². The molecule has 6 heteroatoms. The van der Waals surface area contributed by atoms with Gasteiger partial charge in [0.2, 0.25) is 5.91 Å². The largest absolute Gasteiger partial charge is 0.355 e. The summed E-state index contributed by atoms with van der Waals surface area (Å²) in [6.45, 7) is 2.53. The van der Waals surface area contributed by atoms with Gasteiger partial charge in [-0.2, -0.15) is 0 Å². The highest BCUT2D eigenvalue weighted by Gasteiger charge is 2.13. The van der Waals surface area contributed by atoms with Crippen molar-refractivity contribution in [2.75, 3.05) is 6.54 Å². The Morgan fingerprint density at radius 3 is 2.92 bits per heavy atom. The summed E-state index contributed by atoms with van der Waals surface area (Å²) in [5.74, 6) is 0.00603. The lowest BCUT2D eigenvalue weighted by molar-refractivity contribution is -0.120. The first-order valence-electron chi connectivity index (χ1n) is 7.99. The minimum Gasteiger partial charge on any atom is -0.355 e. The van der Waals surface area contributed by atoms with Crippen molar-refractivity contribution < 1.29 is 4.79 Å². The fourth-order valence-corrected chi connectivity index (χ4v) is 3.72. The molecule has 0 spiro atoms. The summed E-state index contributed by atoms with van der Waals surface area (Å²) < 4.78 is 0. The van der Waals surface area contributed by atoms with Crippen LogP contribution in [0.15, 0.2) is 48.8 Å². The van der Waals surface area contributed by atoms with Crippen molar-refractivity contribution in [2.45, 2.75) is 19.8 Å². The number of hydrogen-bond donors (Lipinski definition) is 1. The molecule has 0 saturated heterocycles. The van der Waals surface area contributed by atoms with E-state index in [9.17, 15) is 4.79 Å². The summed E-state index contributed by atoms with van der Waals surface area (Å²) in [7, 11) is 0. The van der Waals surface area contributed by atoms with E-state index in [0.717, 1.165) is 33.1 Å². The van der Waals surface area contributed by atoms with E-state index in [4.69, 9.17) is 11.6 Å². The van der Waals surface area contributed by atoms with Gasteiger partial charge in [-0.15, -0.1) is 11.3 Å². The molecule has 0 bridgehead atoms. The first-order valence-corrected chi connectivity index (χ1v) is 9.19. The third kappa shape index (κ3) is 4.87. The molecular formula is C19H18ClN3OS.